The van der Waals surface area contributed by atoms with Crippen molar-refractivity contribution in [2.75, 3.05) is 7.11 Å². The summed E-state index contributed by atoms with van der Waals surface area (Å²) in [5.74, 6) is -3.00. The van der Waals surface area contributed by atoms with E-state index < -0.39 is 42.7 Å². The molecule has 0 saturated heterocycles. The molecule has 37 heavy (non-hydrogen) atoms. The molecule has 1 saturated carbocycles. The van der Waals surface area contributed by atoms with Crippen LogP contribution in [0.4, 0.5) is 8.78 Å². The molecule has 3 aromatic rings. The number of aromatic hydroxyl groups is 1. The van der Waals surface area contributed by atoms with Crippen LogP contribution in [0.3, 0.4) is 0 Å². The van der Waals surface area contributed by atoms with Crippen LogP contribution in [0.25, 0.3) is 0 Å². The van der Waals surface area contributed by atoms with E-state index in [1.807, 2.05) is 12.1 Å². The number of halogens is 2. The highest BCUT2D eigenvalue weighted by Gasteiger charge is 2.52. The average molecular weight is 513 g/mol. The molecule has 1 aromatic heterocycles. The Balaban J connectivity index is 1.57. The largest absolute Gasteiger partial charge is 0.508 e. The van der Waals surface area contributed by atoms with E-state index in [0.717, 1.165) is 11.1 Å². The first-order valence-corrected chi connectivity index (χ1v) is 12.0. The molecule has 1 aliphatic carbocycles. The van der Waals surface area contributed by atoms with Crippen molar-refractivity contribution in [3.8, 4) is 11.5 Å². The minimum Gasteiger partial charge on any atom is -0.508 e. The third kappa shape index (κ3) is 6.44. The Bertz CT molecular complexity index is 1220. The van der Waals surface area contributed by atoms with Gasteiger partial charge in [0.05, 0.1) is 19.1 Å². The molecule has 8 nitrogen and oxygen atoms in total. The van der Waals surface area contributed by atoms with Crippen molar-refractivity contribution >= 4 is 11.8 Å². The van der Waals surface area contributed by atoms with E-state index in [9.17, 15) is 23.5 Å². The first-order valence-electron chi connectivity index (χ1n) is 12.0. The van der Waals surface area contributed by atoms with Crippen LogP contribution in [0.2, 0.25) is 0 Å². The Morgan fingerprint density at radius 1 is 1.16 bits per heavy atom. The van der Waals surface area contributed by atoms with Gasteiger partial charge in [0, 0.05) is 45.1 Å². The average Bonchev–Trinajstić information content (AvgIpc) is 3.29. The van der Waals surface area contributed by atoms with Gasteiger partial charge >= 0.3 is 0 Å². The van der Waals surface area contributed by atoms with E-state index in [1.54, 1.807) is 49.2 Å². The molecular formula is C27H30F2N4O4. The van der Waals surface area contributed by atoms with Crippen LogP contribution in [0.5, 0.6) is 11.5 Å². The predicted octanol–water partition coefficient (Wildman–Crippen LogP) is 3.75. The third-order valence-corrected chi connectivity index (χ3v) is 6.47. The summed E-state index contributed by atoms with van der Waals surface area (Å²) in [4.78, 5) is 32.6. The molecule has 0 spiro atoms. The van der Waals surface area contributed by atoms with Crippen molar-refractivity contribution in [1.82, 2.24) is 19.8 Å². The van der Waals surface area contributed by atoms with Crippen molar-refractivity contribution in [2.45, 2.75) is 50.2 Å². The predicted molar refractivity (Wildman–Crippen MR) is 132 cm³/mol. The Hall–Kier alpha value is -3.95. The van der Waals surface area contributed by atoms with Crippen LogP contribution in [0.1, 0.15) is 42.1 Å². The van der Waals surface area contributed by atoms with Crippen LogP contribution in [0.15, 0.2) is 61.1 Å². The Labute approximate surface area is 213 Å². The lowest BCUT2D eigenvalue weighted by molar-refractivity contribution is -0.164. The lowest BCUT2D eigenvalue weighted by Gasteiger charge is -2.45. The zero-order valence-electron chi connectivity index (χ0n) is 20.7. The van der Waals surface area contributed by atoms with E-state index >= 15 is 0 Å². The molecule has 0 bridgehead atoms. The van der Waals surface area contributed by atoms with Gasteiger partial charge < -0.3 is 24.6 Å². The Kier molecular flexibility index (Phi) is 7.75. The van der Waals surface area contributed by atoms with Gasteiger partial charge in [0.25, 0.3) is 5.92 Å². The highest BCUT2D eigenvalue weighted by Crippen LogP contribution is 2.43. The molecular weight excluding hydrogens is 482 g/mol. The number of methoxy groups -OCH3 is 1. The molecule has 0 radical (unpaired) electrons. The van der Waals surface area contributed by atoms with Crippen LogP contribution >= 0.6 is 0 Å². The number of nitrogens with one attached hydrogen (secondary N) is 1. The number of carbonyl (C=O) groups is 2. The van der Waals surface area contributed by atoms with Crippen LogP contribution < -0.4 is 10.1 Å². The van der Waals surface area contributed by atoms with Gasteiger partial charge in [0.15, 0.2) is 6.04 Å². The fourth-order valence-electron chi connectivity index (χ4n) is 4.43. The highest BCUT2D eigenvalue weighted by atomic mass is 19.3. The second kappa shape index (κ2) is 11.0. The number of hydrogen-bond donors (Lipinski definition) is 2. The summed E-state index contributed by atoms with van der Waals surface area (Å²) in [5, 5.41) is 12.3. The zero-order valence-corrected chi connectivity index (χ0v) is 20.7. The minimum absolute atomic E-state index is 0.0158. The number of nitrogens with zero attached hydrogens (tertiary/aromatic N) is 3. The lowest BCUT2D eigenvalue weighted by atomic mass is 9.85. The van der Waals surface area contributed by atoms with E-state index in [-0.39, 0.29) is 18.7 Å². The molecule has 0 aliphatic heterocycles. The number of imidazole rings is 1. The molecule has 2 amide bonds. The first-order chi connectivity index (χ1) is 17.6. The maximum absolute atomic E-state index is 13.9. The molecule has 1 atom stereocenters. The molecule has 2 aromatic carbocycles. The van der Waals surface area contributed by atoms with E-state index in [4.69, 9.17) is 4.74 Å². The van der Waals surface area contributed by atoms with Crippen molar-refractivity contribution in [2.24, 2.45) is 7.05 Å². The number of hydrogen-bond acceptors (Lipinski definition) is 5. The lowest BCUT2D eigenvalue weighted by Crippen LogP contribution is -2.56. The molecule has 196 valence electrons. The summed E-state index contributed by atoms with van der Waals surface area (Å²) in [6.07, 6.45) is 2.46. The molecule has 2 N–H and O–H groups in total. The molecule has 10 heteroatoms. The Morgan fingerprint density at radius 3 is 2.38 bits per heavy atom. The smallest absolute Gasteiger partial charge is 0.252 e. The standard InChI is InChI=1S/C27H30F2N4O4/c1-32-16-23(31-17-32)25(26(36)30-15-19-5-10-22(37-2)11-6-19)33(20-13-27(28,29)14-20)24(35)12-7-18-3-8-21(34)9-4-18/h3-6,8-11,16-17,20,25,34H,7,12-15H2,1-2H3,(H,30,36). The first kappa shape index (κ1) is 26.1. The normalized spacial score (nSPS) is 15.5. The quantitative estimate of drug-likeness (QED) is 0.431. The number of rotatable bonds is 10. The maximum Gasteiger partial charge on any atom is 0.252 e. The van der Waals surface area contributed by atoms with E-state index in [0.29, 0.717) is 17.9 Å². The fourth-order valence-corrected chi connectivity index (χ4v) is 4.43. The van der Waals surface area contributed by atoms with Gasteiger partial charge in [0.2, 0.25) is 11.8 Å². The van der Waals surface area contributed by atoms with Gasteiger partial charge in [-0.05, 0) is 41.8 Å². The van der Waals surface area contributed by atoms with Crippen LogP contribution in [0, 0.1) is 0 Å². The summed E-state index contributed by atoms with van der Waals surface area (Å²) in [7, 11) is 3.29. The van der Waals surface area contributed by atoms with Gasteiger partial charge in [-0.3, -0.25) is 9.59 Å². The number of amides is 2. The van der Waals surface area contributed by atoms with Gasteiger partial charge in [-0.1, -0.05) is 24.3 Å². The van der Waals surface area contributed by atoms with Gasteiger partial charge in [-0.25, -0.2) is 13.8 Å². The number of aryl methyl sites for hydroxylation is 2. The summed E-state index contributed by atoms with van der Waals surface area (Å²) in [6.45, 7) is 0.183. The number of phenols is 1. The van der Waals surface area contributed by atoms with Crippen molar-refractivity contribution in [3.05, 3.63) is 77.9 Å². The fraction of sp³-hybridized carbons (Fsp3) is 0.370. The zero-order chi connectivity index (χ0) is 26.6. The number of benzene rings is 2. The summed E-state index contributed by atoms with van der Waals surface area (Å²) in [5.41, 5.74) is 1.93. The maximum atomic E-state index is 13.9. The summed E-state index contributed by atoms with van der Waals surface area (Å²) in [6, 6.07) is 11.6. The van der Waals surface area contributed by atoms with E-state index in [1.165, 1.54) is 23.4 Å². The van der Waals surface area contributed by atoms with Crippen molar-refractivity contribution < 1.29 is 28.2 Å². The Morgan fingerprint density at radius 2 is 1.81 bits per heavy atom. The third-order valence-electron chi connectivity index (χ3n) is 6.47. The van der Waals surface area contributed by atoms with Crippen LogP contribution in [-0.4, -0.2) is 50.4 Å². The second-order valence-corrected chi connectivity index (χ2v) is 9.32. The second-order valence-electron chi connectivity index (χ2n) is 9.32. The van der Waals surface area contributed by atoms with Crippen molar-refractivity contribution in [3.63, 3.8) is 0 Å². The molecule has 1 unspecified atom stereocenters. The number of aromatic nitrogens is 2. The summed E-state index contributed by atoms with van der Waals surface area (Å²) < 4.78 is 34.6. The molecule has 1 heterocycles. The van der Waals surface area contributed by atoms with E-state index in [2.05, 4.69) is 10.3 Å². The van der Waals surface area contributed by atoms with Gasteiger partial charge in [-0.2, -0.15) is 0 Å². The molecule has 1 aliphatic rings. The van der Waals surface area contributed by atoms with Crippen molar-refractivity contribution in [1.29, 1.82) is 0 Å². The number of ether oxygens (including phenoxy) is 1. The monoisotopic (exact) mass is 512 g/mol. The van der Waals surface area contributed by atoms with Crippen LogP contribution in [-0.2, 0) is 29.6 Å². The van der Waals surface area contributed by atoms with Gasteiger partial charge in [0.1, 0.15) is 11.5 Å². The van der Waals surface area contributed by atoms with Gasteiger partial charge in [-0.15, -0.1) is 0 Å². The summed E-state index contributed by atoms with van der Waals surface area (Å²) >= 11 is 0. The molecule has 4 rings (SSSR count). The minimum atomic E-state index is -2.88. The number of alkyl halides is 2. The SMILES string of the molecule is COc1ccc(CNC(=O)C(c2cn(C)cn2)N(C(=O)CCc2ccc(O)cc2)C2CC(F)(F)C2)cc1. The number of phenolic OH excluding ortho intramolecular Hbond substituents is 1. The number of carbonyl (C=O) groups excluding carboxylic acids is 2. The highest BCUT2D eigenvalue weighted by molar-refractivity contribution is 5.88. The molecule has 1 fully saturated rings. The topological polar surface area (TPSA) is 96.7 Å².